The average molecular weight is 184 g/mol. The zero-order chi connectivity index (χ0) is 8.23. The molecule has 0 bridgehead atoms. The standard InChI is InChI=1S/C7H12N4S/c1-2-6(5-8-3-1)4-7-9-10-11-12-7/h6,8H,1-5H2. The fourth-order valence-electron chi connectivity index (χ4n) is 1.58. The minimum atomic E-state index is 0.744. The zero-order valence-corrected chi connectivity index (χ0v) is 7.68. The SMILES string of the molecule is C1CNCC(Cc2nnns2)C1. The van der Waals surface area contributed by atoms with E-state index in [0.29, 0.717) is 0 Å². The van der Waals surface area contributed by atoms with Gasteiger partial charge in [0.25, 0.3) is 0 Å². The molecule has 1 unspecified atom stereocenters. The van der Waals surface area contributed by atoms with Gasteiger partial charge in [-0.15, -0.1) is 5.10 Å². The van der Waals surface area contributed by atoms with Gasteiger partial charge in [-0.3, -0.25) is 0 Å². The number of rotatable bonds is 2. The highest BCUT2D eigenvalue weighted by Gasteiger charge is 2.14. The van der Waals surface area contributed by atoms with E-state index in [9.17, 15) is 0 Å². The number of nitrogens with zero attached hydrogens (tertiary/aromatic N) is 3. The van der Waals surface area contributed by atoms with Crippen LogP contribution in [-0.2, 0) is 6.42 Å². The number of nitrogens with one attached hydrogen (secondary N) is 1. The Labute approximate surface area is 75.5 Å². The summed E-state index contributed by atoms with van der Waals surface area (Å²) in [6, 6.07) is 0. The highest BCUT2D eigenvalue weighted by atomic mass is 32.1. The van der Waals surface area contributed by atoms with Crippen molar-refractivity contribution >= 4 is 11.5 Å². The molecule has 1 aromatic rings. The largest absolute Gasteiger partial charge is 0.316 e. The van der Waals surface area contributed by atoms with Crippen molar-refractivity contribution < 1.29 is 0 Å². The molecular weight excluding hydrogens is 172 g/mol. The van der Waals surface area contributed by atoms with E-state index in [0.717, 1.165) is 23.9 Å². The van der Waals surface area contributed by atoms with Gasteiger partial charge in [-0.05, 0) is 37.1 Å². The second kappa shape index (κ2) is 3.91. The van der Waals surface area contributed by atoms with E-state index in [2.05, 4.69) is 20.1 Å². The van der Waals surface area contributed by atoms with Crippen LogP contribution in [0.2, 0.25) is 0 Å². The lowest BCUT2D eigenvalue weighted by Gasteiger charge is -2.21. The molecule has 4 nitrogen and oxygen atoms in total. The van der Waals surface area contributed by atoms with Crippen molar-refractivity contribution in [3.05, 3.63) is 5.01 Å². The van der Waals surface area contributed by atoms with Crippen LogP contribution >= 0.6 is 11.5 Å². The average Bonchev–Trinajstić information content (AvgIpc) is 2.59. The zero-order valence-electron chi connectivity index (χ0n) is 6.86. The van der Waals surface area contributed by atoms with Crippen LogP contribution in [0.1, 0.15) is 17.8 Å². The maximum Gasteiger partial charge on any atom is 0.138 e. The summed E-state index contributed by atoms with van der Waals surface area (Å²) in [5.74, 6) is 0.744. The van der Waals surface area contributed by atoms with E-state index >= 15 is 0 Å². The van der Waals surface area contributed by atoms with Crippen molar-refractivity contribution in [3.8, 4) is 0 Å². The van der Waals surface area contributed by atoms with Crippen LogP contribution in [0.15, 0.2) is 0 Å². The van der Waals surface area contributed by atoms with E-state index in [-0.39, 0.29) is 0 Å². The van der Waals surface area contributed by atoms with Crippen LogP contribution in [-0.4, -0.2) is 27.9 Å². The van der Waals surface area contributed by atoms with Crippen LogP contribution in [0.4, 0.5) is 0 Å². The second-order valence-corrected chi connectivity index (χ2v) is 3.99. The van der Waals surface area contributed by atoms with Gasteiger partial charge >= 0.3 is 0 Å². The van der Waals surface area contributed by atoms with Gasteiger partial charge in [0.2, 0.25) is 0 Å². The lowest BCUT2D eigenvalue weighted by atomic mass is 9.97. The molecule has 66 valence electrons. The van der Waals surface area contributed by atoms with E-state index in [4.69, 9.17) is 0 Å². The molecule has 2 heterocycles. The molecule has 1 atom stereocenters. The summed E-state index contributed by atoms with van der Waals surface area (Å²) in [6.45, 7) is 2.30. The summed E-state index contributed by atoms with van der Waals surface area (Å²) in [5, 5.41) is 12.0. The highest BCUT2D eigenvalue weighted by Crippen LogP contribution is 2.15. The van der Waals surface area contributed by atoms with Crippen LogP contribution in [0.5, 0.6) is 0 Å². The Morgan fingerprint density at radius 2 is 2.58 bits per heavy atom. The Bertz CT molecular complexity index is 217. The second-order valence-electron chi connectivity index (χ2n) is 3.17. The molecule has 1 aromatic heterocycles. The third kappa shape index (κ3) is 1.98. The molecule has 0 saturated carbocycles. The smallest absolute Gasteiger partial charge is 0.138 e. The summed E-state index contributed by atoms with van der Waals surface area (Å²) < 4.78 is 3.75. The maximum atomic E-state index is 3.94. The van der Waals surface area contributed by atoms with E-state index < -0.39 is 0 Å². The first kappa shape index (κ1) is 8.07. The summed E-state index contributed by atoms with van der Waals surface area (Å²) >= 11 is 1.42. The number of aromatic nitrogens is 3. The molecule has 2 rings (SSSR count). The van der Waals surface area contributed by atoms with Gasteiger partial charge in [-0.2, -0.15) is 0 Å². The Morgan fingerprint density at radius 3 is 3.25 bits per heavy atom. The predicted octanol–water partition coefficient (Wildman–Crippen LogP) is 0.475. The molecule has 1 saturated heterocycles. The lowest BCUT2D eigenvalue weighted by molar-refractivity contribution is 0.375. The van der Waals surface area contributed by atoms with Gasteiger partial charge in [-0.25, -0.2) is 0 Å². The van der Waals surface area contributed by atoms with Gasteiger partial charge in [0.05, 0.1) is 0 Å². The van der Waals surface area contributed by atoms with Crippen LogP contribution < -0.4 is 5.32 Å². The number of piperidine rings is 1. The fourth-order valence-corrected chi connectivity index (χ4v) is 2.13. The topological polar surface area (TPSA) is 50.7 Å². The van der Waals surface area contributed by atoms with Gasteiger partial charge in [0.15, 0.2) is 0 Å². The third-order valence-electron chi connectivity index (χ3n) is 2.20. The molecule has 5 heteroatoms. The number of hydrogen-bond donors (Lipinski definition) is 1. The first-order valence-electron chi connectivity index (χ1n) is 4.30. The van der Waals surface area contributed by atoms with Crippen molar-refractivity contribution in [1.82, 2.24) is 20.1 Å². The molecule has 0 radical (unpaired) electrons. The monoisotopic (exact) mass is 184 g/mol. The van der Waals surface area contributed by atoms with Crippen molar-refractivity contribution in [1.29, 1.82) is 0 Å². The Kier molecular flexibility index (Phi) is 2.63. The Balaban J connectivity index is 1.86. The normalized spacial score (nSPS) is 24.2. The van der Waals surface area contributed by atoms with E-state index in [1.54, 1.807) is 0 Å². The van der Waals surface area contributed by atoms with Crippen molar-refractivity contribution in [2.75, 3.05) is 13.1 Å². The van der Waals surface area contributed by atoms with Crippen molar-refractivity contribution in [2.45, 2.75) is 19.3 Å². The highest BCUT2D eigenvalue weighted by molar-refractivity contribution is 7.05. The van der Waals surface area contributed by atoms with Crippen molar-refractivity contribution in [3.63, 3.8) is 0 Å². The molecule has 1 aliphatic heterocycles. The van der Waals surface area contributed by atoms with Gasteiger partial charge in [0, 0.05) is 18.0 Å². The summed E-state index contributed by atoms with van der Waals surface area (Å²) in [7, 11) is 0. The molecule has 0 spiro atoms. The van der Waals surface area contributed by atoms with Crippen LogP contribution in [0.25, 0.3) is 0 Å². The summed E-state index contributed by atoms with van der Waals surface area (Å²) in [5.41, 5.74) is 0. The minimum Gasteiger partial charge on any atom is -0.316 e. The predicted molar refractivity (Wildman–Crippen MR) is 47.0 cm³/mol. The molecule has 1 fully saturated rings. The summed E-state index contributed by atoms with van der Waals surface area (Å²) in [4.78, 5) is 0. The number of hydrogen-bond acceptors (Lipinski definition) is 5. The van der Waals surface area contributed by atoms with Gasteiger partial charge < -0.3 is 5.32 Å². The van der Waals surface area contributed by atoms with Crippen LogP contribution in [0, 0.1) is 5.92 Å². The first-order valence-corrected chi connectivity index (χ1v) is 5.07. The quantitative estimate of drug-likeness (QED) is 0.726. The minimum absolute atomic E-state index is 0.744. The molecule has 0 aromatic carbocycles. The fraction of sp³-hybridized carbons (Fsp3) is 0.857. The van der Waals surface area contributed by atoms with Gasteiger partial charge in [0.1, 0.15) is 5.01 Å². The lowest BCUT2D eigenvalue weighted by Crippen LogP contribution is -2.30. The molecule has 0 amide bonds. The molecule has 12 heavy (non-hydrogen) atoms. The molecule has 1 aliphatic rings. The van der Waals surface area contributed by atoms with E-state index in [1.165, 1.54) is 30.9 Å². The third-order valence-corrected chi connectivity index (χ3v) is 2.81. The Morgan fingerprint density at radius 1 is 1.58 bits per heavy atom. The maximum absolute atomic E-state index is 3.94. The molecule has 1 N–H and O–H groups in total. The summed E-state index contributed by atoms with van der Waals surface area (Å²) in [6.07, 6.45) is 3.65. The Hall–Kier alpha value is -0.550. The molecular formula is C7H12N4S. The molecule has 0 aliphatic carbocycles. The van der Waals surface area contributed by atoms with Gasteiger partial charge in [-0.1, -0.05) is 4.49 Å². The van der Waals surface area contributed by atoms with E-state index in [1.807, 2.05) is 0 Å². The van der Waals surface area contributed by atoms with Crippen LogP contribution in [0.3, 0.4) is 0 Å². The van der Waals surface area contributed by atoms with Crippen molar-refractivity contribution in [2.24, 2.45) is 5.92 Å². The first-order chi connectivity index (χ1) is 5.95.